The van der Waals surface area contributed by atoms with Crippen LogP contribution in [0.4, 0.5) is 0 Å². The first-order valence-electron chi connectivity index (χ1n) is 7.24. The minimum Gasteiger partial charge on any atom is -0.395 e. The number of aliphatic hydroxyl groups is 2. The Kier molecular flexibility index (Phi) is 6.13. The Morgan fingerprint density at radius 2 is 2.14 bits per heavy atom. The maximum absolute atomic E-state index is 9.18. The van der Waals surface area contributed by atoms with Crippen molar-refractivity contribution >= 4 is 0 Å². The number of hydrogen-bond acceptors (Lipinski definition) is 7. The topological polar surface area (TPSA) is 97.0 Å². The van der Waals surface area contributed by atoms with E-state index in [1.165, 1.54) is 0 Å². The van der Waals surface area contributed by atoms with Gasteiger partial charge in [-0.05, 0) is 20.3 Å². The summed E-state index contributed by atoms with van der Waals surface area (Å²) in [6.45, 7) is 5.08. The highest BCUT2D eigenvalue weighted by Gasteiger charge is 2.28. The van der Waals surface area contributed by atoms with Gasteiger partial charge in [0.15, 0.2) is 0 Å². The van der Waals surface area contributed by atoms with Gasteiger partial charge in [-0.3, -0.25) is 0 Å². The largest absolute Gasteiger partial charge is 0.395 e. The smallest absolute Gasteiger partial charge is 0.139 e. The highest BCUT2D eigenvalue weighted by atomic mass is 16.5. The molecule has 1 aromatic rings. The van der Waals surface area contributed by atoms with Gasteiger partial charge in [0.05, 0.1) is 44.3 Å². The van der Waals surface area contributed by atoms with Gasteiger partial charge < -0.3 is 29.5 Å². The van der Waals surface area contributed by atoms with Crippen molar-refractivity contribution in [2.75, 3.05) is 26.4 Å². The van der Waals surface area contributed by atoms with Crippen molar-refractivity contribution in [2.45, 2.75) is 45.1 Å². The molecule has 0 unspecified atom stereocenters. The molecule has 7 heteroatoms. The Balaban J connectivity index is 1.92. The van der Waals surface area contributed by atoms with E-state index in [0.29, 0.717) is 19.8 Å². The summed E-state index contributed by atoms with van der Waals surface area (Å²) in [7, 11) is 0. The van der Waals surface area contributed by atoms with Crippen molar-refractivity contribution in [2.24, 2.45) is 0 Å². The molecule has 2 heterocycles. The Morgan fingerprint density at radius 3 is 2.76 bits per heavy atom. The van der Waals surface area contributed by atoms with Gasteiger partial charge in [-0.25, -0.2) is 0 Å². The third-order valence-corrected chi connectivity index (χ3v) is 3.82. The van der Waals surface area contributed by atoms with E-state index >= 15 is 0 Å². The first kappa shape index (κ1) is 16.4. The van der Waals surface area contributed by atoms with Crippen LogP contribution in [0, 0.1) is 13.8 Å². The molecule has 0 aliphatic carbocycles. The molecule has 1 aliphatic heterocycles. The zero-order chi connectivity index (χ0) is 15.2. The third kappa shape index (κ3) is 4.24. The van der Waals surface area contributed by atoms with Crippen LogP contribution in [0.25, 0.3) is 0 Å². The predicted octanol–water partition coefficient (Wildman–Crippen LogP) is -0.0917. The molecule has 1 fully saturated rings. The number of aliphatic hydroxyl groups excluding tert-OH is 2. The van der Waals surface area contributed by atoms with Crippen LogP contribution in [-0.2, 0) is 16.1 Å². The molecule has 2 rings (SSSR count). The highest BCUT2D eigenvalue weighted by molar-refractivity contribution is 5.19. The first-order chi connectivity index (χ1) is 10.2. The highest BCUT2D eigenvalue weighted by Crippen LogP contribution is 2.18. The summed E-state index contributed by atoms with van der Waals surface area (Å²) in [4.78, 5) is 0. The SMILES string of the molecule is Cc1noc(C)c1CO[C@@H]1COCC[C@H]1NC(CO)CO. The Morgan fingerprint density at radius 1 is 1.38 bits per heavy atom. The minimum atomic E-state index is -0.335. The van der Waals surface area contributed by atoms with Crippen molar-refractivity contribution in [3.8, 4) is 0 Å². The number of hydrogen-bond donors (Lipinski definition) is 3. The number of rotatable bonds is 7. The van der Waals surface area contributed by atoms with Crippen LogP contribution in [0.15, 0.2) is 4.52 Å². The molecule has 3 N–H and O–H groups in total. The van der Waals surface area contributed by atoms with Crippen LogP contribution in [0.1, 0.15) is 23.4 Å². The average molecular weight is 300 g/mol. The van der Waals surface area contributed by atoms with Gasteiger partial charge in [0.2, 0.25) is 0 Å². The van der Waals surface area contributed by atoms with Crippen molar-refractivity contribution in [1.29, 1.82) is 0 Å². The van der Waals surface area contributed by atoms with Gasteiger partial charge in [-0.2, -0.15) is 0 Å². The summed E-state index contributed by atoms with van der Waals surface area (Å²) in [5, 5.41) is 25.5. The molecule has 0 aromatic carbocycles. The summed E-state index contributed by atoms with van der Waals surface area (Å²) < 4.78 is 16.5. The second-order valence-electron chi connectivity index (χ2n) is 5.35. The summed E-state index contributed by atoms with van der Waals surface area (Å²) >= 11 is 0. The summed E-state index contributed by atoms with van der Waals surface area (Å²) in [5.41, 5.74) is 1.79. The lowest BCUT2D eigenvalue weighted by Crippen LogP contribution is -2.53. The number of aromatic nitrogens is 1. The Labute approximate surface area is 124 Å². The zero-order valence-electron chi connectivity index (χ0n) is 12.5. The quantitative estimate of drug-likeness (QED) is 0.647. The van der Waals surface area contributed by atoms with E-state index in [-0.39, 0.29) is 31.4 Å². The number of ether oxygens (including phenoxy) is 2. The number of nitrogens with one attached hydrogen (secondary N) is 1. The fourth-order valence-corrected chi connectivity index (χ4v) is 2.43. The lowest BCUT2D eigenvalue weighted by atomic mass is 10.0. The molecule has 0 saturated carbocycles. The average Bonchev–Trinajstić information content (AvgIpc) is 2.82. The molecule has 120 valence electrons. The fraction of sp³-hybridized carbons (Fsp3) is 0.786. The van der Waals surface area contributed by atoms with Crippen molar-refractivity contribution in [1.82, 2.24) is 10.5 Å². The normalized spacial score (nSPS) is 22.9. The molecule has 2 atom stereocenters. The van der Waals surface area contributed by atoms with Crippen molar-refractivity contribution in [3.05, 3.63) is 17.0 Å². The summed E-state index contributed by atoms with van der Waals surface area (Å²) in [5.74, 6) is 0.761. The summed E-state index contributed by atoms with van der Waals surface area (Å²) in [6, 6.07) is -0.290. The van der Waals surface area contributed by atoms with Gasteiger partial charge in [0, 0.05) is 18.2 Å². The van der Waals surface area contributed by atoms with Gasteiger partial charge in [-0.15, -0.1) is 0 Å². The van der Waals surface area contributed by atoms with E-state index < -0.39 is 0 Å². The molecule has 7 nitrogen and oxygen atoms in total. The Bertz CT molecular complexity index is 413. The molecule has 0 spiro atoms. The minimum absolute atomic E-state index is 0.0449. The van der Waals surface area contributed by atoms with Crippen LogP contribution < -0.4 is 5.32 Å². The van der Waals surface area contributed by atoms with E-state index in [1.54, 1.807) is 0 Å². The van der Waals surface area contributed by atoms with E-state index in [0.717, 1.165) is 23.4 Å². The molecule has 21 heavy (non-hydrogen) atoms. The zero-order valence-corrected chi connectivity index (χ0v) is 12.5. The lowest BCUT2D eigenvalue weighted by molar-refractivity contribution is -0.0798. The molecular weight excluding hydrogens is 276 g/mol. The van der Waals surface area contributed by atoms with Gasteiger partial charge >= 0.3 is 0 Å². The molecule has 1 saturated heterocycles. The number of aryl methyl sites for hydroxylation is 2. The maximum atomic E-state index is 9.18. The van der Waals surface area contributed by atoms with E-state index in [9.17, 15) is 10.2 Å². The Hall–Kier alpha value is -0.990. The van der Waals surface area contributed by atoms with Crippen LogP contribution in [-0.4, -0.2) is 60.0 Å². The number of nitrogens with zero attached hydrogens (tertiary/aromatic N) is 1. The second-order valence-corrected chi connectivity index (χ2v) is 5.35. The lowest BCUT2D eigenvalue weighted by Gasteiger charge is -2.34. The molecule has 0 amide bonds. The van der Waals surface area contributed by atoms with E-state index in [4.69, 9.17) is 14.0 Å². The molecule has 1 aromatic heterocycles. The predicted molar refractivity (Wildman–Crippen MR) is 74.9 cm³/mol. The van der Waals surface area contributed by atoms with E-state index in [2.05, 4.69) is 10.5 Å². The van der Waals surface area contributed by atoms with Crippen molar-refractivity contribution in [3.63, 3.8) is 0 Å². The fourth-order valence-electron chi connectivity index (χ4n) is 2.43. The van der Waals surface area contributed by atoms with Crippen LogP contribution in [0.3, 0.4) is 0 Å². The van der Waals surface area contributed by atoms with Gasteiger partial charge in [-0.1, -0.05) is 5.16 Å². The first-order valence-corrected chi connectivity index (χ1v) is 7.24. The van der Waals surface area contributed by atoms with Gasteiger partial charge in [0.25, 0.3) is 0 Å². The molecule has 0 radical (unpaired) electrons. The second kappa shape index (κ2) is 7.86. The van der Waals surface area contributed by atoms with Crippen LogP contribution in [0.5, 0.6) is 0 Å². The van der Waals surface area contributed by atoms with Crippen LogP contribution in [0.2, 0.25) is 0 Å². The van der Waals surface area contributed by atoms with Crippen LogP contribution >= 0.6 is 0 Å². The molecule has 1 aliphatic rings. The monoisotopic (exact) mass is 300 g/mol. The van der Waals surface area contributed by atoms with E-state index in [1.807, 2.05) is 13.8 Å². The molecular formula is C14H24N2O5. The van der Waals surface area contributed by atoms with Gasteiger partial charge in [0.1, 0.15) is 5.76 Å². The standard InChI is InChI=1S/C14H24N2O5/c1-9-12(10(2)21-16-9)7-20-14-8-19-4-3-13(14)15-11(5-17)6-18/h11,13-15,17-18H,3-8H2,1-2H3/t13-,14-/m1/s1. The molecule has 0 bridgehead atoms. The summed E-state index contributed by atoms with van der Waals surface area (Å²) in [6.07, 6.45) is 0.649. The third-order valence-electron chi connectivity index (χ3n) is 3.82. The van der Waals surface area contributed by atoms with Crippen molar-refractivity contribution < 1.29 is 24.2 Å². The maximum Gasteiger partial charge on any atom is 0.139 e.